The number of rotatable bonds is 4. The number of halogens is 2. The Hall–Kier alpha value is -5.10. The van der Waals surface area contributed by atoms with Crippen molar-refractivity contribution in [2.75, 3.05) is 22.9 Å². The van der Waals surface area contributed by atoms with Crippen molar-refractivity contribution in [3.05, 3.63) is 75.3 Å². The van der Waals surface area contributed by atoms with E-state index in [9.17, 15) is 24.1 Å². The lowest BCUT2D eigenvalue weighted by molar-refractivity contribution is 0.151. The molecule has 2 aromatic carbocycles. The van der Waals surface area contributed by atoms with Crippen LogP contribution in [-0.2, 0) is 0 Å². The highest BCUT2D eigenvalue weighted by molar-refractivity contribution is 5.84. The molecule has 1 aliphatic rings. The molecule has 5 rings (SSSR count). The molecule has 37 heavy (non-hydrogen) atoms. The Labute approximate surface area is 209 Å². The van der Waals surface area contributed by atoms with Gasteiger partial charge in [-0.15, -0.1) is 0 Å². The van der Waals surface area contributed by atoms with E-state index in [0.717, 1.165) is 0 Å². The molecule has 1 aliphatic heterocycles. The molecular weight excluding hydrogens is 480 g/mol. The molecule has 184 valence electrons. The van der Waals surface area contributed by atoms with Gasteiger partial charge in [0.25, 0.3) is 12.0 Å². The predicted octanol–water partition coefficient (Wildman–Crippen LogP) is 3.36. The first-order chi connectivity index (χ1) is 17.8. The first kappa shape index (κ1) is 23.6. The van der Waals surface area contributed by atoms with Crippen LogP contribution in [0.5, 0.6) is 0 Å². The van der Waals surface area contributed by atoms with E-state index < -0.39 is 18.0 Å². The van der Waals surface area contributed by atoms with E-state index in [1.165, 1.54) is 28.8 Å². The fourth-order valence-electron chi connectivity index (χ4n) is 4.68. The maximum absolute atomic E-state index is 13.8. The zero-order valence-corrected chi connectivity index (χ0v) is 19.3. The fraction of sp³-hybridized carbons (Fsp3) is 0.200. The standard InChI is InChI=1S/C25H19F2N9O/c26-20(27)13-4-1-6-15(10-13)36-23(32-19-14(11-28)5-2-7-16(19)24(36)37)18-8-3-9-35(18)22-17(12-29)21(30)33-25(31)34-22/h1-2,4-7,10,18,20H,3,8-9H2,(H4,30,31,33,34). The molecule has 4 aromatic rings. The molecule has 0 radical (unpaired) electrons. The number of hydrogen-bond donors (Lipinski definition) is 2. The largest absolute Gasteiger partial charge is 0.382 e. The van der Waals surface area contributed by atoms with E-state index in [4.69, 9.17) is 16.5 Å². The Bertz CT molecular complexity index is 1690. The van der Waals surface area contributed by atoms with Gasteiger partial charge in [-0.05, 0) is 37.1 Å². The molecule has 1 fully saturated rings. The molecule has 12 heteroatoms. The highest BCUT2D eigenvalue weighted by Crippen LogP contribution is 2.38. The third kappa shape index (κ3) is 3.94. The van der Waals surface area contributed by atoms with E-state index in [1.54, 1.807) is 23.1 Å². The molecule has 1 unspecified atom stereocenters. The zero-order valence-electron chi connectivity index (χ0n) is 19.3. The second-order valence-corrected chi connectivity index (χ2v) is 8.45. The van der Waals surface area contributed by atoms with Gasteiger partial charge in [-0.25, -0.2) is 13.8 Å². The molecule has 2 aromatic heterocycles. The lowest BCUT2D eigenvalue weighted by atomic mass is 10.1. The number of anilines is 3. The molecule has 0 amide bonds. The normalized spacial score (nSPS) is 15.2. The third-order valence-electron chi connectivity index (χ3n) is 6.30. The Morgan fingerprint density at radius 1 is 1.05 bits per heavy atom. The summed E-state index contributed by atoms with van der Waals surface area (Å²) in [6, 6.07) is 13.6. The molecule has 0 bridgehead atoms. The highest BCUT2D eigenvalue weighted by Gasteiger charge is 2.34. The number of nitriles is 2. The summed E-state index contributed by atoms with van der Waals surface area (Å²) in [4.78, 5) is 28.4. The molecule has 0 spiro atoms. The van der Waals surface area contributed by atoms with Crippen molar-refractivity contribution < 1.29 is 8.78 Å². The van der Waals surface area contributed by atoms with Gasteiger partial charge in [0.2, 0.25) is 5.95 Å². The number of aromatic nitrogens is 4. The zero-order chi connectivity index (χ0) is 26.3. The van der Waals surface area contributed by atoms with E-state index >= 15 is 0 Å². The SMILES string of the molecule is N#Cc1c(N)nc(N)nc1N1CCCC1c1nc2c(C#N)cccc2c(=O)n1-c1cccc(C(F)F)c1. The molecule has 3 heterocycles. The summed E-state index contributed by atoms with van der Waals surface area (Å²) < 4.78 is 28.4. The topological polar surface area (TPSA) is 164 Å². The first-order valence-corrected chi connectivity index (χ1v) is 11.3. The monoisotopic (exact) mass is 499 g/mol. The van der Waals surface area contributed by atoms with Gasteiger partial charge in [0, 0.05) is 12.1 Å². The first-order valence-electron chi connectivity index (χ1n) is 11.3. The van der Waals surface area contributed by atoms with E-state index in [-0.39, 0.29) is 56.7 Å². The Balaban J connectivity index is 1.82. The minimum absolute atomic E-state index is 0.0215. The second-order valence-electron chi connectivity index (χ2n) is 8.45. The van der Waals surface area contributed by atoms with Gasteiger partial charge in [-0.1, -0.05) is 18.2 Å². The number of benzene rings is 2. The molecular formula is C25H19F2N9O. The van der Waals surface area contributed by atoms with Crippen LogP contribution in [0.15, 0.2) is 47.3 Å². The van der Waals surface area contributed by atoms with Crippen molar-refractivity contribution in [2.24, 2.45) is 0 Å². The van der Waals surface area contributed by atoms with Crippen LogP contribution in [0.1, 0.15) is 47.8 Å². The average Bonchev–Trinajstić information content (AvgIpc) is 3.37. The summed E-state index contributed by atoms with van der Waals surface area (Å²) in [5.74, 6) is 0.183. The second kappa shape index (κ2) is 9.17. The number of para-hydroxylation sites is 1. The van der Waals surface area contributed by atoms with Gasteiger partial charge in [0.05, 0.1) is 28.2 Å². The fourth-order valence-corrected chi connectivity index (χ4v) is 4.68. The maximum Gasteiger partial charge on any atom is 0.266 e. The van der Waals surface area contributed by atoms with Crippen LogP contribution in [0.2, 0.25) is 0 Å². The molecule has 4 N–H and O–H groups in total. The smallest absolute Gasteiger partial charge is 0.266 e. The summed E-state index contributed by atoms with van der Waals surface area (Å²) >= 11 is 0. The lowest BCUT2D eigenvalue weighted by Crippen LogP contribution is -2.32. The van der Waals surface area contributed by atoms with Gasteiger partial charge in [-0.2, -0.15) is 20.5 Å². The van der Waals surface area contributed by atoms with Crippen molar-refractivity contribution in [1.82, 2.24) is 19.5 Å². The minimum atomic E-state index is -2.74. The van der Waals surface area contributed by atoms with E-state index in [1.807, 2.05) is 6.07 Å². The number of fused-ring (bicyclic) bond motifs is 1. The highest BCUT2D eigenvalue weighted by atomic mass is 19.3. The van der Waals surface area contributed by atoms with Crippen LogP contribution in [0, 0.1) is 22.7 Å². The lowest BCUT2D eigenvalue weighted by Gasteiger charge is -2.28. The summed E-state index contributed by atoms with van der Waals surface area (Å²) in [6.07, 6.45) is -1.61. The molecule has 1 atom stereocenters. The van der Waals surface area contributed by atoms with E-state index in [0.29, 0.717) is 19.4 Å². The van der Waals surface area contributed by atoms with Crippen molar-refractivity contribution >= 4 is 28.5 Å². The van der Waals surface area contributed by atoms with Crippen LogP contribution in [-0.4, -0.2) is 26.1 Å². The van der Waals surface area contributed by atoms with Crippen LogP contribution < -0.4 is 21.9 Å². The predicted molar refractivity (Wildman–Crippen MR) is 132 cm³/mol. The Morgan fingerprint density at radius 2 is 1.84 bits per heavy atom. The number of alkyl halides is 2. The third-order valence-corrected chi connectivity index (χ3v) is 6.30. The van der Waals surface area contributed by atoms with Gasteiger partial charge in [-0.3, -0.25) is 9.36 Å². The van der Waals surface area contributed by atoms with Crippen LogP contribution in [0.25, 0.3) is 16.6 Å². The number of nitrogen functional groups attached to an aromatic ring is 2. The quantitative estimate of drug-likeness (QED) is 0.428. The summed E-state index contributed by atoms with van der Waals surface area (Å²) in [7, 11) is 0. The Morgan fingerprint density at radius 3 is 2.57 bits per heavy atom. The summed E-state index contributed by atoms with van der Waals surface area (Å²) in [6.45, 7) is 0.431. The molecule has 10 nitrogen and oxygen atoms in total. The average molecular weight is 499 g/mol. The number of hydrogen-bond acceptors (Lipinski definition) is 9. The number of nitrogens with two attached hydrogens (primary N) is 2. The van der Waals surface area contributed by atoms with Gasteiger partial charge < -0.3 is 16.4 Å². The van der Waals surface area contributed by atoms with Gasteiger partial charge in [0.15, 0.2) is 5.82 Å². The van der Waals surface area contributed by atoms with Crippen molar-refractivity contribution in [3.8, 4) is 17.8 Å². The molecule has 0 saturated carbocycles. The van der Waals surface area contributed by atoms with E-state index in [2.05, 4.69) is 16.0 Å². The molecule has 0 aliphatic carbocycles. The summed E-state index contributed by atoms with van der Waals surface area (Å²) in [5, 5.41) is 19.5. The van der Waals surface area contributed by atoms with Crippen molar-refractivity contribution in [3.63, 3.8) is 0 Å². The van der Waals surface area contributed by atoms with Crippen LogP contribution >= 0.6 is 0 Å². The minimum Gasteiger partial charge on any atom is -0.382 e. The van der Waals surface area contributed by atoms with Gasteiger partial charge >= 0.3 is 0 Å². The number of nitrogens with zero attached hydrogens (tertiary/aromatic N) is 7. The molecule has 1 saturated heterocycles. The Kier molecular flexibility index (Phi) is 5.85. The maximum atomic E-state index is 13.8. The summed E-state index contributed by atoms with van der Waals surface area (Å²) in [5.41, 5.74) is 11.6. The van der Waals surface area contributed by atoms with Crippen LogP contribution in [0.3, 0.4) is 0 Å². The van der Waals surface area contributed by atoms with Crippen LogP contribution in [0.4, 0.5) is 26.4 Å². The van der Waals surface area contributed by atoms with Gasteiger partial charge in [0.1, 0.15) is 29.3 Å². The van der Waals surface area contributed by atoms with Crippen molar-refractivity contribution in [1.29, 1.82) is 10.5 Å². The van der Waals surface area contributed by atoms with Crippen molar-refractivity contribution in [2.45, 2.75) is 25.3 Å².